The molecule has 1 aromatic heterocycles. The SMILES string of the molecule is N#CC(CNc1cncc(Br)c1)c1ccccc1. The van der Waals surface area contributed by atoms with Gasteiger partial charge in [-0.2, -0.15) is 5.26 Å². The highest BCUT2D eigenvalue weighted by molar-refractivity contribution is 9.10. The molecule has 0 aliphatic carbocycles. The summed E-state index contributed by atoms with van der Waals surface area (Å²) in [6.45, 7) is 0.568. The smallest absolute Gasteiger partial charge is 0.0885 e. The van der Waals surface area contributed by atoms with Crippen molar-refractivity contribution in [2.24, 2.45) is 0 Å². The van der Waals surface area contributed by atoms with E-state index in [1.54, 1.807) is 12.4 Å². The van der Waals surface area contributed by atoms with Crippen molar-refractivity contribution in [3.05, 3.63) is 58.8 Å². The molecule has 0 aliphatic heterocycles. The van der Waals surface area contributed by atoms with E-state index in [-0.39, 0.29) is 5.92 Å². The fraction of sp³-hybridized carbons (Fsp3) is 0.143. The molecule has 2 rings (SSSR count). The van der Waals surface area contributed by atoms with Crippen molar-refractivity contribution in [3.8, 4) is 6.07 Å². The minimum absolute atomic E-state index is 0.162. The molecule has 1 heterocycles. The first kappa shape index (κ1) is 12.6. The second kappa shape index (κ2) is 6.18. The molecule has 0 saturated heterocycles. The third kappa shape index (κ3) is 3.31. The van der Waals surface area contributed by atoms with Crippen LogP contribution in [0.4, 0.5) is 5.69 Å². The van der Waals surface area contributed by atoms with E-state index in [1.165, 1.54) is 0 Å². The molecule has 0 spiro atoms. The van der Waals surface area contributed by atoms with Crippen molar-refractivity contribution in [1.29, 1.82) is 5.26 Å². The summed E-state index contributed by atoms with van der Waals surface area (Å²) in [6, 6.07) is 14.0. The van der Waals surface area contributed by atoms with Gasteiger partial charge in [-0.3, -0.25) is 4.98 Å². The molecule has 4 heteroatoms. The summed E-state index contributed by atoms with van der Waals surface area (Å²) in [6.07, 6.45) is 3.47. The fourth-order valence-electron chi connectivity index (χ4n) is 1.65. The maximum Gasteiger partial charge on any atom is 0.0885 e. The monoisotopic (exact) mass is 301 g/mol. The highest BCUT2D eigenvalue weighted by Crippen LogP contribution is 2.17. The average Bonchev–Trinajstić information content (AvgIpc) is 2.41. The number of anilines is 1. The van der Waals surface area contributed by atoms with Gasteiger partial charge < -0.3 is 5.32 Å². The number of pyridine rings is 1. The quantitative estimate of drug-likeness (QED) is 0.939. The number of halogens is 1. The highest BCUT2D eigenvalue weighted by atomic mass is 79.9. The van der Waals surface area contributed by atoms with Crippen LogP contribution in [0.1, 0.15) is 11.5 Å². The second-order valence-corrected chi connectivity index (χ2v) is 4.78. The first-order chi connectivity index (χ1) is 8.79. The van der Waals surface area contributed by atoms with Gasteiger partial charge in [-0.25, -0.2) is 0 Å². The summed E-state index contributed by atoms with van der Waals surface area (Å²) < 4.78 is 0.917. The van der Waals surface area contributed by atoms with Crippen LogP contribution in [0, 0.1) is 11.3 Å². The number of benzene rings is 1. The summed E-state index contributed by atoms with van der Waals surface area (Å²) in [5.74, 6) is -0.162. The van der Waals surface area contributed by atoms with Crippen LogP contribution in [0.5, 0.6) is 0 Å². The predicted octanol–water partition coefficient (Wildman–Crippen LogP) is 3.56. The van der Waals surface area contributed by atoms with Crippen molar-refractivity contribution in [2.75, 3.05) is 11.9 Å². The number of rotatable bonds is 4. The van der Waals surface area contributed by atoms with E-state index in [1.807, 2.05) is 36.4 Å². The van der Waals surface area contributed by atoms with Gasteiger partial charge in [0.1, 0.15) is 0 Å². The molecular formula is C14H12BrN3. The Bertz CT molecular complexity index is 548. The first-order valence-electron chi connectivity index (χ1n) is 5.58. The maximum atomic E-state index is 9.20. The molecule has 1 aromatic carbocycles. The Kier molecular flexibility index (Phi) is 4.32. The van der Waals surface area contributed by atoms with Crippen LogP contribution in [0.15, 0.2) is 53.3 Å². The van der Waals surface area contributed by atoms with Crippen molar-refractivity contribution in [2.45, 2.75) is 5.92 Å². The minimum atomic E-state index is -0.162. The normalized spacial score (nSPS) is 11.6. The van der Waals surface area contributed by atoms with E-state index < -0.39 is 0 Å². The van der Waals surface area contributed by atoms with Crippen LogP contribution >= 0.6 is 15.9 Å². The number of nitrogens with zero attached hydrogens (tertiary/aromatic N) is 2. The molecule has 1 atom stereocenters. The molecule has 0 saturated carbocycles. The molecule has 0 fully saturated rings. The molecular weight excluding hydrogens is 290 g/mol. The Morgan fingerprint density at radius 3 is 2.72 bits per heavy atom. The van der Waals surface area contributed by atoms with Gasteiger partial charge in [-0.05, 0) is 27.6 Å². The number of nitrogens with one attached hydrogen (secondary N) is 1. The topological polar surface area (TPSA) is 48.7 Å². The zero-order chi connectivity index (χ0) is 12.8. The summed E-state index contributed by atoms with van der Waals surface area (Å²) in [7, 11) is 0. The Morgan fingerprint density at radius 2 is 2.06 bits per heavy atom. The van der Waals surface area contributed by atoms with Crippen molar-refractivity contribution in [3.63, 3.8) is 0 Å². The highest BCUT2D eigenvalue weighted by Gasteiger charge is 2.09. The summed E-state index contributed by atoms with van der Waals surface area (Å²) in [5, 5.41) is 12.4. The molecule has 0 aliphatic rings. The van der Waals surface area contributed by atoms with Crippen LogP contribution in [0.25, 0.3) is 0 Å². The molecule has 18 heavy (non-hydrogen) atoms. The van der Waals surface area contributed by atoms with Crippen molar-refractivity contribution >= 4 is 21.6 Å². The number of nitriles is 1. The summed E-state index contributed by atoms with van der Waals surface area (Å²) in [4.78, 5) is 4.07. The van der Waals surface area contributed by atoms with Crippen LogP contribution in [-0.2, 0) is 0 Å². The fourth-order valence-corrected chi connectivity index (χ4v) is 2.02. The van der Waals surface area contributed by atoms with Crippen LogP contribution in [-0.4, -0.2) is 11.5 Å². The molecule has 0 radical (unpaired) electrons. The van der Waals surface area contributed by atoms with E-state index in [9.17, 15) is 5.26 Å². The summed E-state index contributed by atoms with van der Waals surface area (Å²) >= 11 is 3.36. The van der Waals surface area contributed by atoms with E-state index in [0.29, 0.717) is 6.54 Å². The molecule has 0 bridgehead atoms. The molecule has 2 aromatic rings. The minimum Gasteiger partial charge on any atom is -0.382 e. The van der Waals surface area contributed by atoms with Gasteiger partial charge in [-0.1, -0.05) is 30.3 Å². The van der Waals surface area contributed by atoms with E-state index in [4.69, 9.17) is 0 Å². The third-order valence-corrected chi connectivity index (χ3v) is 3.01. The lowest BCUT2D eigenvalue weighted by atomic mass is 10.0. The van der Waals surface area contributed by atoms with Crippen LogP contribution < -0.4 is 5.32 Å². The van der Waals surface area contributed by atoms with Gasteiger partial charge in [0.05, 0.1) is 23.9 Å². The van der Waals surface area contributed by atoms with E-state index >= 15 is 0 Å². The van der Waals surface area contributed by atoms with Gasteiger partial charge >= 0.3 is 0 Å². The Hall–Kier alpha value is -1.86. The zero-order valence-electron chi connectivity index (χ0n) is 9.68. The van der Waals surface area contributed by atoms with Crippen LogP contribution in [0.2, 0.25) is 0 Å². The number of aromatic nitrogens is 1. The standard InChI is InChI=1S/C14H12BrN3/c15-13-6-14(10-17-9-13)18-8-12(7-16)11-4-2-1-3-5-11/h1-6,9-10,12,18H,8H2. The Balaban J connectivity index is 2.03. The maximum absolute atomic E-state index is 9.20. The van der Waals surface area contributed by atoms with E-state index in [0.717, 1.165) is 15.7 Å². The third-order valence-electron chi connectivity index (χ3n) is 2.57. The van der Waals surface area contributed by atoms with Crippen molar-refractivity contribution in [1.82, 2.24) is 4.98 Å². The molecule has 90 valence electrons. The lowest BCUT2D eigenvalue weighted by molar-refractivity contribution is 0.899. The van der Waals surface area contributed by atoms with Gasteiger partial charge in [-0.15, -0.1) is 0 Å². The molecule has 0 amide bonds. The molecule has 1 unspecified atom stereocenters. The number of hydrogen-bond donors (Lipinski definition) is 1. The largest absolute Gasteiger partial charge is 0.382 e. The molecule has 3 nitrogen and oxygen atoms in total. The second-order valence-electron chi connectivity index (χ2n) is 3.87. The van der Waals surface area contributed by atoms with Gasteiger partial charge in [0.25, 0.3) is 0 Å². The zero-order valence-corrected chi connectivity index (χ0v) is 11.3. The van der Waals surface area contributed by atoms with E-state index in [2.05, 4.69) is 32.3 Å². The summed E-state index contributed by atoms with van der Waals surface area (Å²) in [5.41, 5.74) is 1.93. The van der Waals surface area contributed by atoms with Crippen LogP contribution in [0.3, 0.4) is 0 Å². The first-order valence-corrected chi connectivity index (χ1v) is 6.38. The lowest BCUT2D eigenvalue weighted by Gasteiger charge is -2.11. The van der Waals surface area contributed by atoms with Gasteiger partial charge in [0, 0.05) is 17.2 Å². The van der Waals surface area contributed by atoms with Crippen molar-refractivity contribution < 1.29 is 0 Å². The Labute approximate surface area is 115 Å². The predicted molar refractivity (Wildman–Crippen MR) is 75.2 cm³/mol. The average molecular weight is 302 g/mol. The molecule has 1 N–H and O–H groups in total. The number of hydrogen-bond acceptors (Lipinski definition) is 3. The Morgan fingerprint density at radius 1 is 1.28 bits per heavy atom. The van der Waals surface area contributed by atoms with Gasteiger partial charge in [0.15, 0.2) is 0 Å². The lowest BCUT2D eigenvalue weighted by Crippen LogP contribution is -2.11. The van der Waals surface area contributed by atoms with Gasteiger partial charge in [0.2, 0.25) is 0 Å².